The van der Waals surface area contributed by atoms with E-state index in [1.54, 1.807) is 36.0 Å². The number of hydrogen-bond acceptors (Lipinski definition) is 6. The Morgan fingerprint density at radius 1 is 1.10 bits per heavy atom. The Morgan fingerprint density at radius 2 is 1.65 bits per heavy atom. The first-order valence-corrected chi connectivity index (χ1v) is 11.8. The number of aromatic nitrogens is 1. The first kappa shape index (κ1) is 33.3. The molecule has 0 bridgehead atoms. The van der Waals surface area contributed by atoms with Gasteiger partial charge < -0.3 is 9.47 Å². The summed E-state index contributed by atoms with van der Waals surface area (Å²) < 4.78 is 9.44. The zero-order valence-electron chi connectivity index (χ0n) is 20.7. The largest absolute Gasteiger partial charge is 0.466 e. The number of allylic oxidation sites excluding steroid dienone is 4. The number of carbonyl (C=O) groups is 2. The van der Waals surface area contributed by atoms with Crippen LogP contribution in [0.3, 0.4) is 0 Å². The molecule has 1 aliphatic carbocycles. The van der Waals surface area contributed by atoms with Gasteiger partial charge in [-0.1, -0.05) is 65.8 Å². The van der Waals surface area contributed by atoms with Gasteiger partial charge in [-0.3, -0.25) is 4.98 Å². The lowest BCUT2D eigenvalue weighted by Crippen LogP contribution is -2.18. The van der Waals surface area contributed by atoms with Crippen molar-refractivity contribution < 1.29 is 19.1 Å². The Balaban J connectivity index is -0.000000765. The molecule has 0 saturated carbocycles. The van der Waals surface area contributed by atoms with Crippen LogP contribution in [0, 0.1) is 0 Å². The number of esters is 2. The zero-order chi connectivity index (χ0) is 24.7. The monoisotopic (exact) mass is 451 g/mol. The van der Waals surface area contributed by atoms with Crippen LogP contribution in [-0.4, -0.2) is 36.4 Å². The van der Waals surface area contributed by atoms with Crippen LogP contribution < -0.4 is 0 Å². The van der Waals surface area contributed by atoms with E-state index < -0.39 is 5.97 Å². The Bertz CT molecular complexity index is 652. The number of methoxy groups -OCH3 is 2. The van der Waals surface area contributed by atoms with Gasteiger partial charge in [0.1, 0.15) is 0 Å². The van der Waals surface area contributed by atoms with E-state index in [0.717, 1.165) is 12.1 Å². The zero-order valence-corrected chi connectivity index (χ0v) is 21.5. The number of hydrogen-bond donors (Lipinski definition) is 0. The van der Waals surface area contributed by atoms with Gasteiger partial charge in [0.25, 0.3) is 0 Å². The number of rotatable bonds is 5. The lowest BCUT2D eigenvalue weighted by atomic mass is 10.1. The van der Waals surface area contributed by atoms with Gasteiger partial charge in [-0.15, -0.1) is 18.3 Å². The molecule has 1 aromatic rings. The molecular formula is C25H41NO4S. The van der Waals surface area contributed by atoms with Gasteiger partial charge >= 0.3 is 11.9 Å². The minimum Gasteiger partial charge on any atom is -0.466 e. The third kappa shape index (κ3) is 14.3. The van der Waals surface area contributed by atoms with Crippen LogP contribution in [0.15, 0.2) is 54.8 Å². The van der Waals surface area contributed by atoms with Crippen molar-refractivity contribution >= 4 is 23.7 Å². The molecule has 1 atom stereocenters. The predicted octanol–water partition coefficient (Wildman–Crippen LogP) is 6.80. The second-order valence-corrected chi connectivity index (χ2v) is 6.21. The number of carbonyl (C=O) groups excluding carboxylic acids is 2. The highest BCUT2D eigenvalue weighted by atomic mass is 32.2. The molecule has 1 aliphatic rings. The maximum Gasteiger partial charge on any atom is 0.339 e. The Hall–Kier alpha value is -2.34. The minimum absolute atomic E-state index is 0.0551. The standard InChI is InChI=1S/C16H17NO4S.C3H6.3C2H6/c1-20-15(18)11-7-8-12(17-9-11)10-22-14-6-4-3-5-13(14)16(19)21-2;1-3-2;3*1-2/h3-5,7-9,14H,6,10H2,1-2H3;3H,1H2,2H3;3*1-2H3. The van der Waals surface area contributed by atoms with Gasteiger partial charge in [0.05, 0.1) is 31.1 Å². The Morgan fingerprint density at radius 3 is 2.10 bits per heavy atom. The molecule has 6 heteroatoms. The summed E-state index contributed by atoms with van der Waals surface area (Å²) in [7, 11) is 2.72. The summed E-state index contributed by atoms with van der Waals surface area (Å²) in [4.78, 5) is 27.3. The van der Waals surface area contributed by atoms with E-state index >= 15 is 0 Å². The van der Waals surface area contributed by atoms with Gasteiger partial charge in [-0.25, -0.2) is 9.59 Å². The van der Waals surface area contributed by atoms with Crippen molar-refractivity contribution in [2.75, 3.05) is 14.2 Å². The van der Waals surface area contributed by atoms with E-state index in [2.05, 4.69) is 16.3 Å². The topological polar surface area (TPSA) is 65.5 Å². The highest BCUT2D eigenvalue weighted by Crippen LogP contribution is 2.29. The van der Waals surface area contributed by atoms with Crippen LogP contribution in [0.5, 0.6) is 0 Å². The molecule has 176 valence electrons. The Labute approximate surface area is 194 Å². The van der Waals surface area contributed by atoms with Crippen LogP contribution in [0.1, 0.15) is 70.9 Å². The summed E-state index contributed by atoms with van der Waals surface area (Å²) in [6, 6.07) is 3.48. The molecule has 1 heterocycles. The molecule has 0 aromatic carbocycles. The second kappa shape index (κ2) is 23.9. The van der Waals surface area contributed by atoms with E-state index in [1.165, 1.54) is 20.4 Å². The maximum atomic E-state index is 11.7. The fraction of sp³-hybridized carbons (Fsp3) is 0.480. The third-order valence-corrected chi connectivity index (χ3v) is 4.52. The summed E-state index contributed by atoms with van der Waals surface area (Å²) in [6.07, 6.45) is 9.72. The summed E-state index contributed by atoms with van der Waals surface area (Å²) in [5.41, 5.74) is 1.93. The lowest BCUT2D eigenvalue weighted by molar-refractivity contribution is -0.136. The highest BCUT2D eigenvalue weighted by molar-refractivity contribution is 7.99. The summed E-state index contributed by atoms with van der Waals surface area (Å²) in [6.45, 7) is 17.2. The SMILES string of the molecule is C=CC.CC.CC.CC.COC(=O)C1=CC=CCC1SCc1ccc(C(=O)OC)cn1. The fourth-order valence-corrected chi connectivity index (χ4v) is 3.16. The predicted molar refractivity (Wildman–Crippen MR) is 134 cm³/mol. The molecule has 0 aliphatic heterocycles. The smallest absolute Gasteiger partial charge is 0.339 e. The first-order chi connectivity index (χ1) is 15.1. The van der Waals surface area contributed by atoms with E-state index in [9.17, 15) is 9.59 Å². The maximum absolute atomic E-state index is 11.7. The van der Waals surface area contributed by atoms with Crippen LogP contribution in [0.25, 0.3) is 0 Å². The quantitative estimate of drug-likeness (QED) is 0.362. The van der Waals surface area contributed by atoms with Gasteiger partial charge in [0.2, 0.25) is 0 Å². The van der Waals surface area contributed by atoms with Crippen LogP contribution >= 0.6 is 11.8 Å². The van der Waals surface area contributed by atoms with Crippen molar-refractivity contribution in [1.29, 1.82) is 0 Å². The molecular weight excluding hydrogens is 410 g/mol. The van der Waals surface area contributed by atoms with Crippen molar-refractivity contribution in [3.63, 3.8) is 0 Å². The second-order valence-electron chi connectivity index (χ2n) is 5.02. The van der Waals surface area contributed by atoms with Gasteiger partial charge in [-0.05, 0) is 25.5 Å². The van der Waals surface area contributed by atoms with E-state index in [1.807, 2.05) is 60.6 Å². The van der Waals surface area contributed by atoms with Crippen molar-refractivity contribution in [3.8, 4) is 0 Å². The molecule has 0 fully saturated rings. The minimum atomic E-state index is -0.403. The molecule has 0 spiro atoms. The van der Waals surface area contributed by atoms with E-state index in [4.69, 9.17) is 4.74 Å². The highest BCUT2D eigenvalue weighted by Gasteiger charge is 2.22. The number of pyridine rings is 1. The number of thioether (sulfide) groups is 1. The molecule has 31 heavy (non-hydrogen) atoms. The number of ether oxygens (including phenoxy) is 2. The average molecular weight is 452 g/mol. The van der Waals surface area contributed by atoms with Gasteiger partial charge in [-0.2, -0.15) is 0 Å². The van der Waals surface area contributed by atoms with Gasteiger partial charge in [0, 0.05) is 17.2 Å². The molecule has 1 unspecified atom stereocenters. The van der Waals surface area contributed by atoms with Crippen LogP contribution in [0.2, 0.25) is 0 Å². The van der Waals surface area contributed by atoms with E-state index in [0.29, 0.717) is 16.9 Å². The average Bonchev–Trinajstić information content (AvgIpc) is 2.86. The van der Waals surface area contributed by atoms with Crippen LogP contribution in [-0.2, 0) is 20.0 Å². The molecule has 5 nitrogen and oxygen atoms in total. The molecule has 0 amide bonds. The normalized spacial score (nSPS) is 12.9. The van der Waals surface area contributed by atoms with Gasteiger partial charge in [0.15, 0.2) is 0 Å². The van der Waals surface area contributed by atoms with E-state index in [-0.39, 0.29) is 11.2 Å². The van der Waals surface area contributed by atoms with Crippen molar-refractivity contribution in [1.82, 2.24) is 4.98 Å². The van der Waals surface area contributed by atoms with Crippen LogP contribution in [0.4, 0.5) is 0 Å². The molecule has 0 radical (unpaired) electrons. The fourth-order valence-electron chi connectivity index (χ4n) is 2.02. The van der Waals surface area contributed by atoms with Crippen molar-refractivity contribution in [3.05, 3.63) is 66.0 Å². The lowest BCUT2D eigenvalue weighted by Gasteiger charge is -2.19. The molecule has 0 N–H and O–H groups in total. The third-order valence-electron chi connectivity index (χ3n) is 3.21. The van der Waals surface area contributed by atoms with Crippen molar-refractivity contribution in [2.24, 2.45) is 0 Å². The number of nitrogens with zero attached hydrogens (tertiary/aromatic N) is 1. The van der Waals surface area contributed by atoms with Crippen molar-refractivity contribution in [2.45, 2.75) is 65.9 Å². The molecule has 2 rings (SSSR count). The molecule has 0 saturated heterocycles. The summed E-state index contributed by atoms with van der Waals surface area (Å²) >= 11 is 1.62. The Kier molecular flexibility index (Phi) is 25.7. The molecule has 1 aromatic heterocycles. The summed E-state index contributed by atoms with van der Waals surface area (Å²) in [5, 5.41) is 0.0551. The first-order valence-electron chi connectivity index (χ1n) is 10.7. The summed E-state index contributed by atoms with van der Waals surface area (Å²) in [5.74, 6) is -0.0511.